The number of morpholine rings is 1. The predicted molar refractivity (Wildman–Crippen MR) is 82.8 cm³/mol. The number of nitrogens with zero attached hydrogens (tertiary/aromatic N) is 2. The van der Waals surface area contributed by atoms with E-state index >= 15 is 0 Å². The number of benzene rings is 1. The number of ether oxygens (including phenoxy) is 1. The van der Waals surface area contributed by atoms with Crippen molar-refractivity contribution in [2.24, 2.45) is 5.73 Å². The van der Waals surface area contributed by atoms with Gasteiger partial charge in [-0.15, -0.1) is 0 Å². The van der Waals surface area contributed by atoms with Crippen LogP contribution in [0.25, 0.3) is 0 Å². The SMILES string of the molecule is CCN(Cc1ccccc1)C(=O)CN1CCOC(CN)C1. The van der Waals surface area contributed by atoms with Crippen LogP contribution in [-0.2, 0) is 16.1 Å². The molecule has 0 aromatic heterocycles. The zero-order valence-electron chi connectivity index (χ0n) is 12.7. The first kappa shape index (κ1) is 15.9. The third-order valence-electron chi connectivity index (χ3n) is 3.80. The highest BCUT2D eigenvalue weighted by atomic mass is 16.5. The second kappa shape index (κ2) is 8.12. The van der Waals surface area contributed by atoms with Gasteiger partial charge in [0.25, 0.3) is 0 Å². The molecule has 21 heavy (non-hydrogen) atoms. The van der Waals surface area contributed by atoms with Crippen LogP contribution >= 0.6 is 0 Å². The molecule has 0 radical (unpaired) electrons. The van der Waals surface area contributed by atoms with Crippen molar-refractivity contribution >= 4 is 5.91 Å². The lowest BCUT2D eigenvalue weighted by atomic mass is 10.2. The Hall–Kier alpha value is -1.43. The topological polar surface area (TPSA) is 58.8 Å². The first-order valence-corrected chi connectivity index (χ1v) is 7.58. The molecule has 2 rings (SSSR count). The monoisotopic (exact) mass is 291 g/mol. The molecule has 1 heterocycles. The molecule has 0 aliphatic carbocycles. The van der Waals surface area contributed by atoms with Crippen molar-refractivity contribution in [1.82, 2.24) is 9.80 Å². The number of nitrogens with two attached hydrogens (primary N) is 1. The third kappa shape index (κ3) is 4.81. The molecule has 0 spiro atoms. The van der Waals surface area contributed by atoms with Crippen LogP contribution in [0.3, 0.4) is 0 Å². The summed E-state index contributed by atoms with van der Waals surface area (Å²) in [5.74, 6) is 0.166. The fourth-order valence-corrected chi connectivity index (χ4v) is 2.54. The van der Waals surface area contributed by atoms with Crippen molar-refractivity contribution in [3.05, 3.63) is 35.9 Å². The predicted octanol–water partition coefficient (Wildman–Crippen LogP) is 0.695. The zero-order chi connectivity index (χ0) is 15.1. The summed E-state index contributed by atoms with van der Waals surface area (Å²) >= 11 is 0. The van der Waals surface area contributed by atoms with Crippen LogP contribution in [-0.4, -0.2) is 61.1 Å². The largest absolute Gasteiger partial charge is 0.374 e. The van der Waals surface area contributed by atoms with E-state index in [1.807, 2.05) is 30.0 Å². The maximum atomic E-state index is 12.5. The van der Waals surface area contributed by atoms with E-state index in [0.29, 0.717) is 26.2 Å². The lowest BCUT2D eigenvalue weighted by Gasteiger charge is -2.33. The average molecular weight is 291 g/mol. The van der Waals surface area contributed by atoms with Gasteiger partial charge in [-0.05, 0) is 12.5 Å². The Bertz CT molecular complexity index is 438. The number of carbonyl (C=O) groups excluding carboxylic acids is 1. The van der Waals surface area contributed by atoms with Gasteiger partial charge in [0.15, 0.2) is 0 Å². The number of hydrogen-bond acceptors (Lipinski definition) is 4. The quantitative estimate of drug-likeness (QED) is 0.838. The minimum atomic E-state index is 0.0516. The molecule has 0 saturated carbocycles. The Labute approximate surface area is 126 Å². The van der Waals surface area contributed by atoms with Crippen molar-refractivity contribution in [3.63, 3.8) is 0 Å². The fraction of sp³-hybridized carbons (Fsp3) is 0.562. The maximum Gasteiger partial charge on any atom is 0.237 e. The summed E-state index contributed by atoms with van der Waals surface area (Å²) in [7, 11) is 0. The van der Waals surface area contributed by atoms with Crippen LogP contribution in [0.15, 0.2) is 30.3 Å². The Morgan fingerprint density at radius 2 is 2.19 bits per heavy atom. The minimum Gasteiger partial charge on any atom is -0.374 e. The van der Waals surface area contributed by atoms with Gasteiger partial charge in [-0.1, -0.05) is 30.3 Å². The molecule has 5 heteroatoms. The molecule has 1 atom stereocenters. The zero-order valence-corrected chi connectivity index (χ0v) is 12.7. The van der Waals surface area contributed by atoms with Gasteiger partial charge < -0.3 is 15.4 Å². The normalized spacial score (nSPS) is 19.4. The van der Waals surface area contributed by atoms with Crippen molar-refractivity contribution in [3.8, 4) is 0 Å². The first-order valence-electron chi connectivity index (χ1n) is 7.58. The molecule has 1 aliphatic rings. The third-order valence-corrected chi connectivity index (χ3v) is 3.80. The van der Waals surface area contributed by atoms with Gasteiger partial charge in [-0.3, -0.25) is 9.69 Å². The summed E-state index contributed by atoms with van der Waals surface area (Å²) in [5.41, 5.74) is 6.80. The van der Waals surface area contributed by atoms with E-state index in [9.17, 15) is 4.79 Å². The standard InChI is InChI=1S/C16H25N3O2/c1-2-19(11-14-6-4-3-5-7-14)16(20)13-18-8-9-21-15(10-17)12-18/h3-7,15H,2,8-13,17H2,1H3. The maximum absolute atomic E-state index is 12.5. The molecular formula is C16H25N3O2. The Morgan fingerprint density at radius 1 is 1.43 bits per heavy atom. The summed E-state index contributed by atoms with van der Waals surface area (Å²) in [6, 6.07) is 10.1. The minimum absolute atomic E-state index is 0.0516. The van der Waals surface area contributed by atoms with Gasteiger partial charge in [-0.2, -0.15) is 0 Å². The van der Waals surface area contributed by atoms with E-state index in [-0.39, 0.29) is 12.0 Å². The summed E-state index contributed by atoms with van der Waals surface area (Å²) in [6.45, 7) is 6.55. The van der Waals surface area contributed by atoms with Gasteiger partial charge in [0.1, 0.15) is 0 Å². The smallest absolute Gasteiger partial charge is 0.237 e. The van der Waals surface area contributed by atoms with E-state index in [1.54, 1.807) is 0 Å². The molecule has 1 fully saturated rings. The number of likely N-dealkylation sites (N-methyl/N-ethyl adjacent to an activating group) is 1. The van der Waals surface area contributed by atoms with Crippen LogP contribution in [0.2, 0.25) is 0 Å². The fourth-order valence-electron chi connectivity index (χ4n) is 2.54. The summed E-state index contributed by atoms with van der Waals surface area (Å²) in [6.07, 6.45) is 0.0516. The van der Waals surface area contributed by atoms with Crippen molar-refractivity contribution in [2.45, 2.75) is 19.6 Å². The Balaban J connectivity index is 1.88. The van der Waals surface area contributed by atoms with Gasteiger partial charge in [-0.25, -0.2) is 0 Å². The van der Waals surface area contributed by atoms with Crippen LogP contribution in [0.1, 0.15) is 12.5 Å². The van der Waals surface area contributed by atoms with E-state index in [1.165, 1.54) is 0 Å². The van der Waals surface area contributed by atoms with Gasteiger partial charge in [0.05, 0.1) is 19.3 Å². The van der Waals surface area contributed by atoms with Gasteiger partial charge in [0, 0.05) is 32.7 Å². The second-order valence-corrected chi connectivity index (χ2v) is 5.36. The molecule has 1 aromatic carbocycles. The molecular weight excluding hydrogens is 266 g/mol. The van der Waals surface area contributed by atoms with Crippen LogP contribution in [0.4, 0.5) is 0 Å². The lowest BCUT2D eigenvalue weighted by Crippen LogP contribution is -2.49. The molecule has 1 saturated heterocycles. The van der Waals surface area contributed by atoms with E-state index in [0.717, 1.165) is 25.2 Å². The number of rotatable bonds is 6. The molecule has 1 aromatic rings. The van der Waals surface area contributed by atoms with Crippen molar-refractivity contribution < 1.29 is 9.53 Å². The second-order valence-electron chi connectivity index (χ2n) is 5.36. The van der Waals surface area contributed by atoms with E-state index in [4.69, 9.17) is 10.5 Å². The van der Waals surface area contributed by atoms with Crippen molar-refractivity contribution in [2.75, 3.05) is 39.3 Å². The highest BCUT2D eigenvalue weighted by Gasteiger charge is 2.23. The number of carbonyl (C=O) groups is 1. The van der Waals surface area contributed by atoms with Gasteiger partial charge >= 0.3 is 0 Å². The first-order chi connectivity index (χ1) is 10.2. The van der Waals surface area contributed by atoms with Gasteiger partial charge in [0.2, 0.25) is 5.91 Å². The summed E-state index contributed by atoms with van der Waals surface area (Å²) in [5, 5.41) is 0. The summed E-state index contributed by atoms with van der Waals surface area (Å²) < 4.78 is 5.53. The highest BCUT2D eigenvalue weighted by molar-refractivity contribution is 5.78. The molecule has 1 aliphatic heterocycles. The number of amides is 1. The Kier molecular flexibility index (Phi) is 6.17. The molecule has 1 unspecified atom stereocenters. The molecule has 0 bridgehead atoms. The van der Waals surface area contributed by atoms with Crippen LogP contribution in [0.5, 0.6) is 0 Å². The van der Waals surface area contributed by atoms with Crippen LogP contribution < -0.4 is 5.73 Å². The number of hydrogen-bond donors (Lipinski definition) is 1. The van der Waals surface area contributed by atoms with Crippen LogP contribution in [0, 0.1) is 0 Å². The molecule has 2 N–H and O–H groups in total. The summed E-state index contributed by atoms with van der Waals surface area (Å²) in [4.78, 5) is 16.5. The van der Waals surface area contributed by atoms with E-state index in [2.05, 4.69) is 17.0 Å². The average Bonchev–Trinajstić information content (AvgIpc) is 2.53. The van der Waals surface area contributed by atoms with E-state index < -0.39 is 0 Å². The molecule has 5 nitrogen and oxygen atoms in total. The highest BCUT2D eigenvalue weighted by Crippen LogP contribution is 2.08. The van der Waals surface area contributed by atoms with Crippen molar-refractivity contribution in [1.29, 1.82) is 0 Å². The Morgan fingerprint density at radius 3 is 2.86 bits per heavy atom. The lowest BCUT2D eigenvalue weighted by molar-refractivity contribution is -0.134. The molecule has 116 valence electrons. The molecule has 1 amide bonds.